The molecule has 2 aliphatic carbocycles. The van der Waals surface area contributed by atoms with Crippen LogP contribution in [0.5, 0.6) is 0 Å². The van der Waals surface area contributed by atoms with Gasteiger partial charge in [0.2, 0.25) is 12.2 Å². The van der Waals surface area contributed by atoms with E-state index in [9.17, 15) is 9.59 Å². The molecule has 2 rings (SSSR count). The maximum Gasteiger partial charge on any atom is 0.235 e. The highest BCUT2D eigenvalue weighted by molar-refractivity contribution is 5.34. The third-order valence-corrected chi connectivity index (χ3v) is 6.28. The molecule has 2 aliphatic rings. The van der Waals surface area contributed by atoms with Crippen molar-refractivity contribution in [2.45, 2.75) is 65.5 Å². The van der Waals surface area contributed by atoms with E-state index in [1.54, 1.807) is 12.2 Å². The number of aliphatic imine (C=N–C) groups is 2. The Morgan fingerprint density at radius 3 is 1.32 bits per heavy atom. The van der Waals surface area contributed by atoms with Crippen LogP contribution in [0.2, 0.25) is 0 Å². The van der Waals surface area contributed by atoms with Crippen molar-refractivity contribution >= 4 is 12.2 Å². The third kappa shape index (κ3) is 3.56. The van der Waals surface area contributed by atoms with Gasteiger partial charge >= 0.3 is 0 Å². The van der Waals surface area contributed by atoms with Gasteiger partial charge in [-0.15, -0.1) is 0 Å². The van der Waals surface area contributed by atoms with Crippen LogP contribution < -0.4 is 0 Å². The summed E-state index contributed by atoms with van der Waals surface area (Å²) in [5.74, 6) is 3.46. The molecule has 4 nitrogen and oxygen atoms in total. The van der Waals surface area contributed by atoms with Crippen LogP contribution in [0.15, 0.2) is 9.98 Å². The highest BCUT2D eigenvalue weighted by atomic mass is 16.1. The minimum absolute atomic E-state index is 0.146. The molecule has 0 saturated heterocycles. The highest BCUT2D eigenvalue weighted by Crippen LogP contribution is 2.47. The van der Waals surface area contributed by atoms with Crippen LogP contribution in [0.3, 0.4) is 0 Å². The number of hydrogen-bond donors (Lipinski definition) is 0. The molecule has 0 N–H and O–H groups in total. The smallest absolute Gasteiger partial charge is 0.211 e. The average Bonchev–Trinajstić information content (AvgIpc) is 2.47. The molecule has 0 aromatic carbocycles. The van der Waals surface area contributed by atoms with Crippen LogP contribution in [-0.4, -0.2) is 24.2 Å². The summed E-state index contributed by atoms with van der Waals surface area (Å²) in [6, 6.07) is 0.292. The summed E-state index contributed by atoms with van der Waals surface area (Å²) >= 11 is 0. The van der Waals surface area contributed by atoms with E-state index in [1.165, 1.54) is 0 Å². The Morgan fingerprint density at radius 2 is 1.00 bits per heavy atom. The number of carbonyl (C=O) groups excluding carboxylic acids is 2. The highest BCUT2D eigenvalue weighted by Gasteiger charge is 2.42. The van der Waals surface area contributed by atoms with Gasteiger partial charge in [-0.25, -0.2) is 19.6 Å². The lowest BCUT2D eigenvalue weighted by atomic mass is 9.60. The van der Waals surface area contributed by atoms with Crippen LogP contribution in [-0.2, 0) is 9.59 Å². The van der Waals surface area contributed by atoms with Gasteiger partial charge < -0.3 is 0 Å². The Balaban J connectivity index is 2.08. The first kappa shape index (κ1) is 17.1. The minimum Gasteiger partial charge on any atom is -0.211 e. The maximum atomic E-state index is 10.6. The van der Waals surface area contributed by atoms with E-state index < -0.39 is 0 Å². The summed E-state index contributed by atoms with van der Waals surface area (Å²) < 4.78 is 0. The normalized spacial score (nSPS) is 45.5. The second-order valence-corrected chi connectivity index (χ2v) is 7.76. The molecule has 0 heterocycles. The molecule has 0 aromatic rings. The summed E-state index contributed by atoms with van der Waals surface area (Å²) in [4.78, 5) is 29.1. The van der Waals surface area contributed by atoms with Gasteiger partial charge in [0.25, 0.3) is 0 Å². The summed E-state index contributed by atoms with van der Waals surface area (Å²) in [6.45, 7) is 9.02. The van der Waals surface area contributed by atoms with Gasteiger partial charge in [0.1, 0.15) is 0 Å². The Bertz CT molecular complexity index is 435. The quantitative estimate of drug-likeness (QED) is 0.589. The topological polar surface area (TPSA) is 58.9 Å². The molecule has 0 radical (unpaired) electrons. The fourth-order valence-electron chi connectivity index (χ4n) is 4.90. The second kappa shape index (κ2) is 7.35. The molecule has 0 bridgehead atoms. The maximum absolute atomic E-state index is 10.6. The second-order valence-electron chi connectivity index (χ2n) is 7.76. The van der Waals surface area contributed by atoms with Crippen molar-refractivity contribution in [2.75, 3.05) is 0 Å². The zero-order valence-electron chi connectivity index (χ0n) is 14.2. The van der Waals surface area contributed by atoms with E-state index in [0.29, 0.717) is 35.5 Å². The Labute approximate surface area is 133 Å². The van der Waals surface area contributed by atoms with Gasteiger partial charge in [-0.05, 0) is 61.2 Å². The van der Waals surface area contributed by atoms with Crippen molar-refractivity contribution in [1.29, 1.82) is 0 Å². The van der Waals surface area contributed by atoms with Gasteiger partial charge in [0.15, 0.2) is 0 Å². The molecule has 0 aromatic heterocycles. The summed E-state index contributed by atoms with van der Waals surface area (Å²) in [5.41, 5.74) is 0. The van der Waals surface area contributed by atoms with Gasteiger partial charge in [-0.3, -0.25) is 0 Å². The van der Waals surface area contributed by atoms with Gasteiger partial charge in [0.05, 0.1) is 12.1 Å². The van der Waals surface area contributed by atoms with Gasteiger partial charge in [-0.1, -0.05) is 27.7 Å². The molecule has 2 fully saturated rings. The van der Waals surface area contributed by atoms with Gasteiger partial charge in [-0.2, -0.15) is 0 Å². The molecule has 8 unspecified atom stereocenters. The SMILES string of the molecule is CC1CC(C2CC(C)C(N=C=O)CC2C)C(C)CC1N=C=O. The standard InChI is InChI=1S/C18H28N2O2/c1-11-7-17(19-9-21)13(3)5-15(11)16-6-14(4)18(20-10-22)8-12(16)2/h11-18H,5-8H2,1-4H3. The van der Waals surface area contributed by atoms with Gasteiger partial charge in [0, 0.05) is 0 Å². The van der Waals surface area contributed by atoms with Crippen LogP contribution in [0.1, 0.15) is 53.4 Å². The first-order valence-electron chi connectivity index (χ1n) is 8.61. The monoisotopic (exact) mass is 304 g/mol. The lowest BCUT2D eigenvalue weighted by Gasteiger charge is -2.46. The molecule has 122 valence electrons. The molecule has 0 spiro atoms. The Morgan fingerprint density at radius 1 is 0.636 bits per heavy atom. The van der Waals surface area contributed by atoms with Crippen LogP contribution >= 0.6 is 0 Å². The fourth-order valence-corrected chi connectivity index (χ4v) is 4.90. The number of hydrogen-bond acceptors (Lipinski definition) is 4. The molecule has 0 amide bonds. The predicted molar refractivity (Wildman–Crippen MR) is 85.9 cm³/mol. The average molecular weight is 304 g/mol. The lowest BCUT2D eigenvalue weighted by molar-refractivity contribution is 0.0455. The van der Waals surface area contributed by atoms with Crippen molar-refractivity contribution in [2.24, 2.45) is 45.5 Å². The molecule has 8 atom stereocenters. The first-order chi connectivity index (χ1) is 10.5. The van der Waals surface area contributed by atoms with Crippen molar-refractivity contribution in [3.63, 3.8) is 0 Å². The van der Waals surface area contributed by atoms with Crippen LogP contribution in [0, 0.1) is 35.5 Å². The van der Waals surface area contributed by atoms with E-state index in [-0.39, 0.29) is 12.1 Å². The molecule has 22 heavy (non-hydrogen) atoms. The van der Waals surface area contributed by atoms with Crippen molar-refractivity contribution in [3.8, 4) is 0 Å². The zero-order chi connectivity index (χ0) is 16.3. The van der Waals surface area contributed by atoms with Crippen molar-refractivity contribution in [1.82, 2.24) is 0 Å². The fraction of sp³-hybridized carbons (Fsp3) is 0.889. The third-order valence-electron chi connectivity index (χ3n) is 6.28. The minimum atomic E-state index is 0.146. The van der Waals surface area contributed by atoms with E-state index in [4.69, 9.17) is 0 Å². The van der Waals surface area contributed by atoms with Crippen molar-refractivity contribution in [3.05, 3.63) is 0 Å². The van der Waals surface area contributed by atoms with E-state index >= 15 is 0 Å². The van der Waals surface area contributed by atoms with Crippen LogP contribution in [0.4, 0.5) is 0 Å². The lowest BCUT2D eigenvalue weighted by Crippen LogP contribution is -2.42. The summed E-state index contributed by atoms with van der Waals surface area (Å²) in [7, 11) is 0. The number of nitrogens with zero attached hydrogens (tertiary/aromatic N) is 2. The molecule has 2 saturated carbocycles. The summed E-state index contributed by atoms with van der Waals surface area (Å²) in [5, 5.41) is 0. The van der Waals surface area contributed by atoms with E-state index in [2.05, 4.69) is 37.7 Å². The number of rotatable bonds is 3. The first-order valence-corrected chi connectivity index (χ1v) is 8.61. The predicted octanol–water partition coefficient (Wildman–Crippen LogP) is 3.76. The molecular formula is C18H28N2O2. The number of isocyanates is 2. The van der Waals surface area contributed by atoms with Crippen molar-refractivity contribution < 1.29 is 9.59 Å². The molecule has 4 heteroatoms. The Kier molecular flexibility index (Phi) is 5.72. The summed E-state index contributed by atoms with van der Waals surface area (Å²) in [6.07, 6.45) is 7.76. The van der Waals surface area contributed by atoms with E-state index in [0.717, 1.165) is 25.7 Å². The molecular weight excluding hydrogens is 276 g/mol. The van der Waals surface area contributed by atoms with Crippen LogP contribution in [0.25, 0.3) is 0 Å². The molecule has 0 aliphatic heterocycles. The Hall–Kier alpha value is -1.24. The largest absolute Gasteiger partial charge is 0.235 e. The zero-order valence-corrected chi connectivity index (χ0v) is 14.2. The van der Waals surface area contributed by atoms with E-state index in [1.807, 2.05) is 0 Å².